The summed E-state index contributed by atoms with van der Waals surface area (Å²) in [6.07, 6.45) is 5.06. The Bertz CT molecular complexity index is 540. The number of ether oxygens (including phenoxy) is 1. The summed E-state index contributed by atoms with van der Waals surface area (Å²) in [6, 6.07) is 0. The molecule has 0 aliphatic carbocycles. The molecule has 2 saturated heterocycles. The lowest BCUT2D eigenvalue weighted by molar-refractivity contribution is 0.0598. The van der Waals surface area contributed by atoms with Crippen molar-refractivity contribution < 1.29 is 9.53 Å². The zero-order valence-corrected chi connectivity index (χ0v) is 15.0. The fourth-order valence-corrected chi connectivity index (χ4v) is 4.52. The van der Waals surface area contributed by atoms with Crippen LogP contribution in [0.1, 0.15) is 42.2 Å². The molecule has 2 aliphatic heterocycles. The van der Waals surface area contributed by atoms with Crippen molar-refractivity contribution in [1.82, 2.24) is 14.7 Å². The third-order valence-electron chi connectivity index (χ3n) is 4.99. The number of rotatable bonds is 4. The van der Waals surface area contributed by atoms with Crippen LogP contribution in [0.4, 0.5) is 0 Å². The molecule has 0 aromatic carbocycles. The molecule has 23 heavy (non-hydrogen) atoms. The highest BCUT2D eigenvalue weighted by atomic mass is 32.2. The van der Waals surface area contributed by atoms with Crippen LogP contribution in [0.15, 0.2) is 6.20 Å². The average molecular weight is 337 g/mol. The molecule has 0 radical (unpaired) electrons. The first-order chi connectivity index (χ1) is 11.2. The van der Waals surface area contributed by atoms with E-state index in [1.165, 1.54) is 0 Å². The number of carbonyl (C=O) groups excluding carboxylic acids is 1. The summed E-state index contributed by atoms with van der Waals surface area (Å²) >= 11 is 1.99. The fraction of sp³-hybridized carbons (Fsp3) is 0.765. The van der Waals surface area contributed by atoms with Crippen molar-refractivity contribution in [3.63, 3.8) is 0 Å². The molecule has 0 spiro atoms. The van der Waals surface area contributed by atoms with Crippen LogP contribution < -0.4 is 0 Å². The van der Waals surface area contributed by atoms with Gasteiger partial charge in [0.15, 0.2) is 0 Å². The van der Waals surface area contributed by atoms with Gasteiger partial charge in [0.1, 0.15) is 0 Å². The standard InChI is InChI=1S/C17H27N3O2S/c1-3-15-12-19(6-9-23-15)17(21)16-10-18-20(13(16)2)11-14-4-7-22-8-5-14/h10,14-15H,3-9,11-12H2,1-2H3. The Morgan fingerprint density at radius 1 is 1.43 bits per heavy atom. The monoisotopic (exact) mass is 337 g/mol. The molecular formula is C17H27N3O2S. The summed E-state index contributed by atoms with van der Waals surface area (Å²) in [4.78, 5) is 14.8. The maximum Gasteiger partial charge on any atom is 0.257 e. The van der Waals surface area contributed by atoms with Crippen LogP contribution in [0.2, 0.25) is 0 Å². The van der Waals surface area contributed by atoms with Gasteiger partial charge in [-0.25, -0.2) is 0 Å². The van der Waals surface area contributed by atoms with Gasteiger partial charge in [-0.05, 0) is 32.1 Å². The van der Waals surface area contributed by atoms with Crippen LogP contribution >= 0.6 is 11.8 Å². The van der Waals surface area contributed by atoms with Gasteiger partial charge in [0, 0.05) is 49.5 Å². The molecule has 0 N–H and O–H groups in total. The minimum Gasteiger partial charge on any atom is -0.381 e. The largest absolute Gasteiger partial charge is 0.381 e. The summed E-state index contributed by atoms with van der Waals surface area (Å²) < 4.78 is 7.43. The van der Waals surface area contributed by atoms with E-state index in [0.29, 0.717) is 11.2 Å². The van der Waals surface area contributed by atoms with Crippen molar-refractivity contribution in [2.75, 3.05) is 32.1 Å². The summed E-state index contributed by atoms with van der Waals surface area (Å²) in [7, 11) is 0. The third kappa shape index (κ3) is 3.91. The zero-order chi connectivity index (χ0) is 16.2. The lowest BCUT2D eigenvalue weighted by Gasteiger charge is -2.31. The van der Waals surface area contributed by atoms with E-state index in [2.05, 4.69) is 12.0 Å². The van der Waals surface area contributed by atoms with Crippen LogP contribution in [-0.4, -0.2) is 57.9 Å². The Labute approximate surface area is 142 Å². The maximum atomic E-state index is 12.8. The van der Waals surface area contributed by atoms with Crippen molar-refractivity contribution in [2.24, 2.45) is 5.92 Å². The predicted octanol–water partition coefficient (Wildman–Crippen LogP) is 2.59. The molecule has 3 heterocycles. The molecule has 2 aliphatic rings. The number of aromatic nitrogens is 2. The van der Waals surface area contributed by atoms with E-state index in [1.807, 2.05) is 28.3 Å². The molecule has 1 aromatic heterocycles. The zero-order valence-electron chi connectivity index (χ0n) is 14.2. The van der Waals surface area contributed by atoms with E-state index in [-0.39, 0.29) is 5.91 Å². The topological polar surface area (TPSA) is 47.4 Å². The highest BCUT2D eigenvalue weighted by Crippen LogP contribution is 2.24. The van der Waals surface area contributed by atoms with Crippen molar-refractivity contribution in [3.05, 3.63) is 17.5 Å². The Kier molecular flexibility index (Phi) is 5.64. The first-order valence-electron chi connectivity index (χ1n) is 8.70. The summed E-state index contributed by atoms with van der Waals surface area (Å²) in [6.45, 7) is 8.53. The highest BCUT2D eigenvalue weighted by Gasteiger charge is 2.26. The second kappa shape index (κ2) is 7.71. The van der Waals surface area contributed by atoms with Crippen LogP contribution in [-0.2, 0) is 11.3 Å². The Morgan fingerprint density at radius 2 is 2.22 bits per heavy atom. The molecule has 1 aromatic rings. The van der Waals surface area contributed by atoms with Crippen LogP contribution in [0.5, 0.6) is 0 Å². The summed E-state index contributed by atoms with van der Waals surface area (Å²) in [5.41, 5.74) is 1.78. The summed E-state index contributed by atoms with van der Waals surface area (Å²) in [5, 5.41) is 5.06. The first kappa shape index (κ1) is 16.8. The first-order valence-corrected chi connectivity index (χ1v) is 9.75. The van der Waals surface area contributed by atoms with Gasteiger partial charge in [-0.3, -0.25) is 9.48 Å². The lowest BCUT2D eigenvalue weighted by Crippen LogP contribution is -2.41. The van der Waals surface area contributed by atoms with Gasteiger partial charge in [-0.15, -0.1) is 0 Å². The number of thioether (sulfide) groups is 1. The second-order valence-electron chi connectivity index (χ2n) is 6.53. The molecule has 0 saturated carbocycles. The Hall–Kier alpha value is -1.01. The van der Waals surface area contributed by atoms with E-state index in [9.17, 15) is 4.79 Å². The van der Waals surface area contributed by atoms with Crippen molar-refractivity contribution >= 4 is 17.7 Å². The Balaban J connectivity index is 1.66. The fourth-order valence-electron chi connectivity index (χ4n) is 3.34. The lowest BCUT2D eigenvalue weighted by atomic mass is 10.0. The summed E-state index contributed by atoms with van der Waals surface area (Å²) in [5.74, 6) is 1.81. The van der Waals surface area contributed by atoms with Gasteiger partial charge in [-0.1, -0.05) is 6.92 Å². The average Bonchev–Trinajstić information content (AvgIpc) is 2.96. The van der Waals surface area contributed by atoms with Crippen molar-refractivity contribution in [3.8, 4) is 0 Å². The van der Waals surface area contributed by atoms with E-state index < -0.39 is 0 Å². The van der Waals surface area contributed by atoms with Gasteiger partial charge in [-0.2, -0.15) is 16.9 Å². The Morgan fingerprint density at radius 3 is 2.96 bits per heavy atom. The second-order valence-corrected chi connectivity index (χ2v) is 7.94. The van der Waals surface area contributed by atoms with E-state index in [4.69, 9.17) is 4.74 Å². The molecule has 1 amide bonds. The third-order valence-corrected chi connectivity index (χ3v) is 6.36. The molecule has 128 valence electrons. The number of amides is 1. The molecule has 1 unspecified atom stereocenters. The predicted molar refractivity (Wildman–Crippen MR) is 92.9 cm³/mol. The minimum absolute atomic E-state index is 0.152. The molecule has 0 bridgehead atoms. The van der Waals surface area contributed by atoms with Crippen molar-refractivity contribution in [2.45, 2.75) is 44.9 Å². The SMILES string of the molecule is CCC1CN(C(=O)c2cnn(CC3CCOCC3)c2C)CCS1. The number of hydrogen-bond acceptors (Lipinski definition) is 4. The van der Waals surface area contributed by atoms with Gasteiger partial charge >= 0.3 is 0 Å². The number of nitrogens with zero attached hydrogens (tertiary/aromatic N) is 3. The molecular weight excluding hydrogens is 310 g/mol. The van der Waals surface area contributed by atoms with Gasteiger partial charge < -0.3 is 9.64 Å². The van der Waals surface area contributed by atoms with Crippen molar-refractivity contribution in [1.29, 1.82) is 0 Å². The number of hydrogen-bond donors (Lipinski definition) is 0. The van der Waals surface area contributed by atoms with Crippen LogP contribution in [0.3, 0.4) is 0 Å². The molecule has 1 atom stereocenters. The van der Waals surface area contributed by atoms with Crippen LogP contribution in [0.25, 0.3) is 0 Å². The van der Waals surface area contributed by atoms with E-state index in [0.717, 1.165) is 69.1 Å². The number of carbonyl (C=O) groups is 1. The van der Waals surface area contributed by atoms with E-state index >= 15 is 0 Å². The van der Waals surface area contributed by atoms with Gasteiger partial charge in [0.2, 0.25) is 0 Å². The molecule has 6 heteroatoms. The maximum absolute atomic E-state index is 12.8. The molecule has 5 nitrogen and oxygen atoms in total. The van der Waals surface area contributed by atoms with E-state index in [1.54, 1.807) is 6.20 Å². The molecule has 2 fully saturated rings. The highest BCUT2D eigenvalue weighted by molar-refractivity contribution is 8.00. The van der Waals surface area contributed by atoms with Gasteiger partial charge in [0.25, 0.3) is 5.91 Å². The molecule has 3 rings (SSSR count). The minimum atomic E-state index is 0.152. The smallest absolute Gasteiger partial charge is 0.257 e. The van der Waals surface area contributed by atoms with Gasteiger partial charge in [0.05, 0.1) is 11.8 Å². The van der Waals surface area contributed by atoms with Crippen LogP contribution in [0, 0.1) is 12.8 Å². The normalized spacial score (nSPS) is 23.2. The quantitative estimate of drug-likeness (QED) is 0.847.